The van der Waals surface area contributed by atoms with E-state index < -0.39 is 0 Å². The Morgan fingerprint density at radius 2 is 2.18 bits per heavy atom. The fourth-order valence-electron chi connectivity index (χ4n) is 1.58. The normalized spacial score (nSPS) is 12.2. The van der Waals surface area contributed by atoms with Crippen LogP contribution in [0.25, 0.3) is 0 Å². The summed E-state index contributed by atoms with van der Waals surface area (Å²) in [6.07, 6.45) is 0.844. The van der Waals surface area contributed by atoms with Gasteiger partial charge in [0.15, 0.2) is 0 Å². The highest BCUT2D eigenvalue weighted by Gasteiger charge is 2.11. The standard InChI is InChI=1S/C13H19NO3/c1-3-11(9-15)14-8-10-6-4-5-7-12(10)13(16)17-2/h4-7,11,14-15H,3,8-9H2,1-2H3/t11-/m1/s1. The van der Waals surface area contributed by atoms with E-state index in [1.807, 2.05) is 19.1 Å². The highest BCUT2D eigenvalue weighted by atomic mass is 16.5. The lowest BCUT2D eigenvalue weighted by Crippen LogP contribution is -2.31. The molecule has 0 fully saturated rings. The first-order valence-corrected chi connectivity index (χ1v) is 5.73. The number of benzene rings is 1. The molecule has 0 amide bonds. The van der Waals surface area contributed by atoms with Crippen LogP contribution in [0.2, 0.25) is 0 Å². The summed E-state index contributed by atoms with van der Waals surface area (Å²) in [6.45, 7) is 2.64. The molecule has 1 aromatic rings. The lowest BCUT2D eigenvalue weighted by Gasteiger charge is -2.15. The molecule has 2 N–H and O–H groups in total. The van der Waals surface area contributed by atoms with Crippen molar-refractivity contribution in [3.05, 3.63) is 35.4 Å². The number of ether oxygens (including phenoxy) is 1. The smallest absolute Gasteiger partial charge is 0.338 e. The second-order valence-electron chi connectivity index (χ2n) is 3.82. The summed E-state index contributed by atoms with van der Waals surface area (Å²) in [5.41, 5.74) is 1.45. The van der Waals surface area contributed by atoms with Gasteiger partial charge in [0, 0.05) is 12.6 Å². The molecule has 17 heavy (non-hydrogen) atoms. The molecule has 1 atom stereocenters. The predicted molar refractivity (Wildman–Crippen MR) is 65.8 cm³/mol. The van der Waals surface area contributed by atoms with Crippen LogP contribution in [0.3, 0.4) is 0 Å². The number of nitrogens with one attached hydrogen (secondary N) is 1. The third kappa shape index (κ3) is 3.84. The molecule has 0 aromatic heterocycles. The molecule has 0 bridgehead atoms. The molecule has 0 saturated carbocycles. The number of carbonyl (C=O) groups is 1. The van der Waals surface area contributed by atoms with Gasteiger partial charge >= 0.3 is 5.97 Å². The number of hydrogen-bond donors (Lipinski definition) is 2. The van der Waals surface area contributed by atoms with Crippen molar-refractivity contribution in [2.45, 2.75) is 25.9 Å². The van der Waals surface area contributed by atoms with Crippen LogP contribution in [0.4, 0.5) is 0 Å². The van der Waals surface area contributed by atoms with E-state index in [4.69, 9.17) is 9.84 Å². The van der Waals surface area contributed by atoms with Gasteiger partial charge in [-0.1, -0.05) is 25.1 Å². The third-order valence-electron chi connectivity index (χ3n) is 2.72. The number of methoxy groups -OCH3 is 1. The molecule has 0 spiro atoms. The van der Waals surface area contributed by atoms with Gasteiger partial charge in [0.1, 0.15) is 0 Å². The van der Waals surface area contributed by atoms with E-state index in [1.54, 1.807) is 12.1 Å². The molecule has 0 aliphatic carbocycles. The summed E-state index contributed by atoms with van der Waals surface area (Å²) < 4.78 is 4.72. The maximum Gasteiger partial charge on any atom is 0.338 e. The minimum Gasteiger partial charge on any atom is -0.465 e. The van der Waals surface area contributed by atoms with E-state index in [0.717, 1.165) is 12.0 Å². The average molecular weight is 237 g/mol. The largest absolute Gasteiger partial charge is 0.465 e. The van der Waals surface area contributed by atoms with Crippen molar-refractivity contribution in [2.24, 2.45) is 0 Å². The Balaban J connectivity index is 2.73. The van der Waals surface area contributed by atoms with Crippen LogP contribution >= 0.6 is 0 Å². The van der Waals surface area contributed by atoms with Crippen LogP contribution in [-0.2, 0) is 11.3 Å². The second-order valence-corrected chi connectivity index (χ2v) is 3.82. The molecule has 0 aliphatic rings. The lowest BCUT2D eigenvalue weighted by atomic mass is 10.1. The molecule has 4 heteroatoms. The zero-order chi connectivity index (χ0) is 12.7. The fraction of sp³-hybridized carbons (Fsp3) is 0.462. The monoisotopic (exact) mass is 237 g/mol. The Hall–Kier alpha value is -1.39. The van der Waals surface area contributed by atoms with Gasteiger partial charge in [0.25, 0.3) is 0 Å². The summed E-state index contributed by atoms with van der Waals surface area (Å²) in [4.78, 5) is 11.5. The minimum atomic E-state index is -0.334. The first-order valence-electron chi connectivity index (χ1n) is 5.73. The van der Waals surface area contributed by atoms with Gasteiger partial charge in [-0.15, -0.1) is 0 Å². The predicted octanol–water partition coefficient (Wildman–Crippen LogP) is 1.33. The Labute approximate surface area is 102 Å². The van der Waals surface area contributed by atoms with Crippen molar-refractivity contribution in [3.63, 3.8) is 0 Å². The zero-order valence-electron chi connectivity index (χ0n) is 10.3. The summed E-state index contributed by atoms with van der Waals surface area (Å²) in [7, 11) is 1.37. The molecule has 1 rings (SSSR count). The molecule has 94 valence electrons. The molecule has 0 saturated heterocycles. The van der Waals surface area contributed by atoms with Gasteiger partial charge in [-0.2, -0.15) is 0 Å². The summed E-state index contributed by atoms with van der Waals surface area (Å²) >= 11 is 0. The van der Waals surface area contributed by atoms with Crippen molar-refractivity contribution in [2.75, 3.05) is 13.7 Å². The molecule has 0 radical (unpaired) electrons. The van der Waals surface area contributed by atoms with Crippen LogP contribution in [-0.4, -0.2) is 30.8 Å². The molecule has 4 nitrogen and oxygen atoms in total. The number of carbonyl (C=O) groups excluding carboxylic acids is 1. The first-order chi connectivity index (χ1) is 8.22. The highest BCUT2D eigenvalue weighted by molar-refractivity contribution is 5.90. The lowest BCUT2D eigenvalue weighted by molar-refractivity contribution is 0.0599. The highest BCUT2D eigenvalue weighted by Crippen LogP contribution is 2.10. The zero-order valence-corrected chi connectivity index (χ0v) is 10.3. The SMILES string of the molecule is CC[C@H](CO)NCc1ccccc1C(=O)OC. The van der Waals surface area contributed by atoms with E-state index in [0.29, 0.717) is 12.1 Å². The van der Waals surface area contributed by atoms with Gasteiger partial charge in [-0.25, -0.2) is 4.79 Å². The average Bonchev–Trinajstić information content (AvgIpc) is 2.39. The molecule has 0 heterocycles. The van der Waals surface area contributed by atoms with Gasteiger partial charge < -0.3 is 15.2 Å². The summed E-state index contributed by atoms with van der Waals surface area (Å²) in [5, 5.41) is 12.3. The van der Waals surface area contributed by atoms with Crippen LogP contribution in [0, 0.1) is 0 Å². The Kier molecular flexibility index (Phi) is 5.66. The van der Waals surface area contributed by atoms with Crippen LogP contribution in [0.5, 0.6) is 0 Å². The second kappa shape index (κ2) is 7.04. The van der Waals surface area contributed by atoms with Crippen LogP contribution in [0.15, 0.2) is 24.3 Å². The maximum absolute atomic E-state index is 11.5. The van der Waals surface area contributed by atoms with Gasteiger partial charge in [-0.3, -0.25) is 0 Å². The molecular formula is C13H19NO3. The number of rotatable bonds is 6. The number of aliphatic hydroxyl groups is 1. The van der Waals surface area contributed by atoms with Crippen molar-refractivity contribution < 1.29 is 14.6 Å². The number of aliphatic hydroxyl groups excluding tert-OH is 1. The molecular weight excluding hydrogens is 218 g/mol. The van der Waals surface area contributed by atoms with Crippen molar-refractivity contribution in [3.8, 4) is 0 Å². The van der Waals surface area contributed by atoms with E-state index in [1.165, 1.54) is 7.11 Å². The fourth-order valence-corrected chi connectivity index (χ4v) is 1.58. The Morgan fingerprint density at radius 3 is 2.76 bits per heavy atom. The topological polar surface area (TPSA) is 58.6 Å². The quantitative estimate of drug-likeness (QED) is 0.733. The van der Waals surface area contributed by atoms with Crippen molar-refractivity contribution in [1.29, 1.82) is 0 Å². The summed E-state index contributed by atoms with van der Waals surface area (Å²) in [6, 6.07) is 7.36. The number of esters is 1. The van der Waals surface area contributed by atoms with Crippen LogP contribution < -0.4 is 5.32 Å². The Bertz CT molecular complexity index is 361. The minimum absolute atomic E-state index is 0.0562. The molecule has 0 aliphatic heterocycles. The van der Waals surface area contributed by atoms with Gasteiger partial charge in [0.2, 0.25) is 0 Å². The number of hydrogen-bond acceptors (Lipinski definition) is 4. The first kappa shape index (κ1) is 13.7. The molecule has 1 aromatic carbocycles. The van der Waals surface area contributed by atoms with Gasteiger partial charge in [0.05, 0.1) is 19.3 Å². The van der Waals surface area contributed by atoms with Crippen molar-refractivity contribution >= 4 is 5.97 Å². The van der Waals surface area contributed by atoms with E-state index in [2.05, 4.69) is 5.32 Å². The Morgan fingerprint density at radius 1 is 1.47 bits per heavy atom. The third-order valence-corrected chi connectivity index (χ3v) is 2.72. The van der Waals surface area contributed by atoms with Gasteiger partial charge in [-0.05, 0) is 18.1 Å². The van der Waals surface area contributed by atoms with E-state index in [9.17, 15) is 4.79 Å². The maximum atomic E-state index is 11.5. The van der Waals surface area contributed by atoms with Crippen LogP contribution in [0.1, 0.15) is 29.3 Å². The van der Waals surface area contributed by atoms with Crippen molar-refractivity contribution in [1.82, 2.24) is 5.32 Å². The summed E-state index contributed by atoms with van der Waals surface area (Å²) in [5.74, 6) is -0.334. The van der Waals surface area contributed by atoms with E-state index >= 15 is 0 Å². The van der Waals surface area contributed by atoms with E-state index in [-0.39, 0.29) is 18.6 Å². The molecule has 0 unspecified atom stereocenters.